The van der Waals surface area contributed by atoms with Crippen molar-refractivity contribution in [3.8, 4) is 5.75 Å². The molecule has 5 nitrogen and oxygen atoms in total. The Hall–Kier alpha value is -2.34. The zero-order chi connectivity index (χ0) is 17.6. The van der Waals surface area contributed by atoms with Gasteiger partial charge in [0.2, 0.25) is 0 Å². The van der Waals surface area contributed by atoms with Crippen LogP contribution in [0, 0.1) is 0 Å². The van der Waals surface area contributed by atoms with Gasteiger partial charge in [-0.3, -0.25) is 4.79 Å². The van der Waals surface area contributed by atoms with Gasteiger partial charge in [0, 0.05) is 12.8 Å². The number of hydrogen-bond acceptors (Lipinski definition) is 4. The van der Waals surface area contributed by atoms with Gasteiger partial charge in [-0.1, -0.05) is 30.3 Å². The van der Waals surface area contributed by atoms with E-state index < -0.39 is 15.9 Å². The van der Waals surface area contributed by atoms with Crippen molar-refractivity contribution in [2.24, 2.45) is 0 Å². The van der Waals surface area contributed by atoms with E-state index in [1.165, 1.54) is 12.1 Å². The Kier molecular flexibility index (Phi) is 5.98. The molecule has 6 heteroatoms. The number of carbonyl (C=O) groups is 1. The Morgan fingerprint density at radius 2 is 1.71 bits per heavy atom. The average Bonchev–Trinajstić information content (AvgIpc) is 2.55. The third-order valence-electron chi connectivity index (χ3n) is 3.49. The number of carbonyl (C=O) groups excluding carboxylic acids is 1. The molecule has 24 heavy (non-hydrogen) atoms. The van der Waals surface area contributed by atoms with Crippen molar-refractivity contribution in [1.29, 1.82) is 0 Å². The Morgan fingerprint density at radius 1 is 1.08 bits per heavy atom. The summed E-state index contributed by atoms with van der Waals surface area (Å²) in [6.45, 7) is 2.19. The van der Waals surface area contributed by atoms with Gasteiger partial charge in [-0.15, -0.1) is 0 Å². The van der Waals surface area contributed by atoms with Crippen molar-refractivity contribution in [3.05, 3.63) is 60.2 Å². The van der Waals surface area contributed by atoms with E-state index in [4.69, 9.17) is 4.74 Å². The maximum Gasteiger partial charge on any atom is 0.260 e. The van der Waals surface area contributed by atoms with Crippen LogP contribution in [0.4, 0.5) is 0 Å². The second kappa shape index (κ2) is 7.97. The first kappa shape index (κ1) is 18.0. The fourth-order valence-corrected chi connectivity index (χ4v) is 2.77. The molecule has 0 saturated heterocycles. The van der Waals surface area contributed by atoms with Gasteiger partial charge in [0.05, 0.1) is 4.90 Å². The first-order valence-corrected chi connectivity index (χ1v) is 9.54. The molecule has 1 amide bonds. The molecule has 0 radical (unpaired) electrons. The van der Waals surface area contributed by atoms with Crippen LogP contribution >= 0.6 is 0 Å². The lowest BCUT2D eigenvalue weighted by Gasteiger charge is -2.15. The highest BCUT2D eigenvalue weighted by molar-refractivity contribution is 7.90. The van der Waals surface area contributed by atoms with Gasteiger partial charge >= 0.3 is 0 Å². The van der Waals surface area contributed by atoms with E-state index in [0.717, 1.165) is 18.2 Å². The smallest absolute Gasteiger partial charge is 0.260 e. The molecule has 0 aliphatic rings. The zero-order valence-corrected chi connectivity index (χ0v) is 14.5. The van der Waals surface area contributed by atoms with Crippen LogP contribution in [0.3, 0.4) is 0 Å². The van der Waals surface area contributed by atoms with Crippen LogP contribution in [0.1, 0.15) is 12.5 Å². The molecule has 0 saturated carbocycles. The van der Waals surface area contributed by atoms with Gasteiger partial charge in [0.25, 0.3) is 5.91 Å². The Balaban J connectivity index is 1.83. The highest BCUT2D eigenvalue weighted by Gasteiger charge is 2.14. The number of sulfone groups is 1. The molecule has 0 heterocycles. The molecule has 0 aliphatic carbocycles. The number of amides is 1. The summed E-state index contributed by atoms with van der Waals surface area (Å²) in [6, 6.07) is 15.9. The third kappa shape index (κ3) is 5.38. The van der Waals surface area contributed by atoms with Crippen molar-refractivity contribution in [2.75, 3.05) is 12.8 Å². The van der Waals surface area contributed by atoms with Crippen LogP contribution in [0.2, 0.25) is 0 Å². The second-order valence-electron chi connectivity index (χ2n) is 5.53. The summed E-state index contributed by atoms with van der Waals surface area (Å²) >= 11 is 0. The number of nitrogens with one attached hydrogen (secondary N) is 1. The number of hydrogen-bond donors (Lipinski definition) is 1. The first-order chi connectivity index (χ1) is 11.4. The van der Waals surface area contributed by atoms with E-state index in [-0.39, 0.29) is 10.8 Å². The predicted molar refractivity (Wildman–Crippen MR) is 92.8 cm³/mol. The summed E-state index contributed by atoms with van der Waals surface area (Å²) in [4.78, 5) is 12.2. The van der Waals surface area contributed by atoms with Crippen molar-refractivity contribution in [3.63, 3.8) is 0 Å². The summed E-state index contributed by atoms with van der Waals surface area (Å²) in [6.07, 6.45) is 1.23. The number of rotatable bonds is 7. The Bertz CT molecular complexity index is 770. The summed E-state index contributed by atoms with van der Waals surface area (Å²) in [5, 5.41) is 2.83. The molecule has 0 bridgehead atoms. The molecule has 1 atom stereocenters. The first-order valence-electron chi connectivity index (χ1n) is 7.64. The lowest BCUT2D eigenvalue weighted by Crippen LogP contribution is -2.37. The quantitative estimate of drug-likeness (QED) is 0.833. The maximum absolute atomic E-state index is 12.0. The van der Waals surface area contributed by atoms with E-state index in [1.54, 1.807) is 19.1 Å². The summed E-state index contributed by atoms with van der Waals surface area (Å²) in [7, 11) is -3.24. The number of benzene rings is 2. The van der Waals surface area contributed by atoms with E-state index in [0.29, 0.717) is 12.3 Å². The normalized spacial score (nSPS) is 12.4. The lowest BCUT2D eigenvalue weighted by atomic mass is 10.1. The summed E-state index contributed by atoms with van der Waals surface area (Å²) in [5.74, 6) is 0.242. The molecule has 0 aliphatic heterocycles. The fraction of sp³-hybridized carbons (Fsp3) is 0.278. The highest BCUT2D eigenvalue weighted by Crippen LogP contribution is 2.17. The molecular weight excluding hydrogens is 326 g/mol. The average molecular weight is 347 g/mol. The van der Waals surface area contributed by atoms with Crippen LogP contribution in [0.25, 0.3) is 0 Å². The van der Waals surface area contributed by atoms with Crippen molar-refractivity contribution in [1.82, 2.24) is 5.32 Å². The standard InChI is InChI=1S/C18H21NO4S/c1-14(18(20)19-13-12-15-6-4-3-5-7-15)23-16-8-10-17(11-9-16)24(2,21)22/h3-11,14H,12-13H2,1-2H3,(H,19,20)/t14-/m1/s1. The van der Waals surface area contributed by atoms with Gasteiger partial charge in [-0.05, 0) is 43.2 Å². The van der Waals surface area contributed by atoms with Crippen LogP contribution in [0.5, 0.6) is 5.75 Å². The van der Waals surface area contributed by atoms with Crippen LogP contribution < -0.4 is 10.1 Å². The zero-order valence-electron chi connectivity index (χ0n) is 13.7. The summed E-state index contributed by atoms with van der Waals surface area (Å²) in [5.41, 5.74) is 1.16. The Labute approximate surface area is 142 Å². The monoisotopic (exact) mass is 347 g/mol. The van der Waals surface area contributed by atoms with Gasteiger partial charge < -0.3 is 10.1 Å². The van der Waals surface area contributed by atoms with E-state index in [9.17, 15) is 13.2 Å². The van der Waals surface area contributed by atoms with Crippen LogP contribution in [0.15, 0.2) is 59.5 Å². The number of ether oxygens (including phenoxy) is 1. The van der Waals surface area contributed by atoms with Gasteiger partial charge in [-0.2, -0.15) is 0 Å². The van der Waals surface area contributed by atoms with E-state index in [2.05, 4.69) is 5.32 Å². The van der Waals surface area contributed by atoms with E-state index >= 15 is 0 Å². The highest BCUT2D eigenvalue weighted by atomic mass is 32.2. The minimum Gasteiger partial charge on any atom is -0.481 e. The fourth-order valence-electron chi connectivity index (χ4n) is 2.14. The molecular formula is C18H21NO4S. The predicted octanol–water partition coefficient (Wildman–Crippen LogP) is 2.22. The largest absolute Gasteiger partial charge is 0.481 e. The van der Waals surface area contributed by atoms with Crippen molar-refractivity contribution >= 4 is 15.7 Å². The molecule has 2 aromatic rings. The molecule has 0 aromatic heterocycles. The maximum atomic E-state index is 12.0. The molecule has 1 N–H and O–H groups in total. The van der Waals surface area contributed by atoms with Crippen molar-refractivity contribution in [2.45, 2.75) is 24.3 Å². The van der Waals surface area contributed by atoms with Gasteiger partial charge in [-0.25, -0.2) is 8.42 Å². The van der Waals surface area contributed by atoms with Crippen molar-refractivity contribution < 1.29 is 17.9 Å². The lowest BCUT2D eigenvalue weighted by molar-refractivity contribution is -0.127. The molecule has 2 rings (SSSR count). The van der Waals surface area contributed by atoms with Gasteiger partial charge in [0.15, 0.2) is 15.9 Å². The summed E-state index contributed by atoms with van der Waals surface area (Å²) < 4.78 is 28.3. The molecule has 0 unspecified atom stereocenters. The van der Waals surface area contributed by atoms with Crippen LogP contribution in [-0.4, -0.2) is 33.2 Å². The SMILES string of the molecule is C[C@@H](Oc1ccc(S(C)(=O)=O)cc1)C(=O)NCCc1ccccc1. The molecule has 0 spiro atoms. The second-order valence-corrected chi connectivity index (χ2v) is 7.55. The third-order valence-corrected chi connectivity index (χ3v) is 4.62. The van der Waals surface area contributed by atoms with Crippen LogP contribution in [-0.2, 0) is 21.1 Å². The van der Waals surface area contributed by atoms with E-state index in [1.807, 2.05) is 30.3 Å². The molecule has 0 fully saturated rings. The topological polar surface area (TPSA) is 72.5 Å². The Morgan fingerprint density at radius 3 is 2.29 bits per heavy atom. The minimum atomic E-state index is -3.24. The van der Waals surface area contributed by atoms with Gasteiger partial charge in [0.1, 0.15) is 5.75 Å². The molecule has 2 aromatic carbocycles. The molecule has 128 valence electrons. The minimum absolute atomic E-state index is 0.210.